The first-order chi connectivity index (χ1) is 10.1. The van der Waals surface area contributed by atoms with Gasteiger partial charge in [0.2, 0.25) is 11.8 Å². The Hall–Kier alpha value is -2.63. The van der Waals surface area contributed by atoms with E-state index in [-0.39, 0.29) is 0 Å². The number of nitrogens with one attached hydrogen (secondary N) is 1. The van der Waals surface area contributed by atoms with Crippen molar-refractivity contribution in [1.29, 1.82) is 0 Å². The molecule has 0 aliphatic carbocycles. The summed E-state index contributed by atoms with van der Waals surface area (Å²) in [6.07, 6.45) is 0.718. The van der Waals surface area contributed by atoms with Crippen LogP contribution in [-0.4, -0.2) is 22.4 Å². The number of aromatic nitrogens is 2. The Morgan fingerprint density at radius 1 is 1.24 bits per heavy atom. The predicted molar refractivity (Wildman–Crippen MR) is 80.6 cm³/mol. The maximum absolute atomic E-state index is 11.0. The molecule has 0 aliphatic rings. The van der Waals surface area contributed by atoms with Crippen LogP contribution in [0.4, 0.5) is 5.82 Å². The maximum Gasteiger partial charge on any atom is 0.248 e. The number of carbonyl (C=O) groups excluding carboxylic acids is 1. The van der Waals surface area contributed by atoms with Crippen molar-refractivity contribution in [3.8, 4) is 11.6 Å². The molecule has 0 saturated heterocycles. The zero-order valence-corrected chi connectivity index (χ0v) is 12.1. The SMILES string of the molecule is CCNc1cc(Oc2ccc(C(N)=O)cc2)nc(CC)n1. The average molecular weight is 286 g/mol. The second kappa shape index (κ2) is 6.69. The molecule has 3 N–H and O–H groups in total. The summed E-state index contributed by atoms with van der Waals surface area (Å²) in [5.41, 5.74) is 5.64. The van der Waals surface area contributed by atoms with Crippen molar-refractivity contribution in [2.45, 2.75) is 20.3 Å². The molecule has 0 bridgehead atoms. The van der Waals surface area contributed by atoms with Gasteiger partial charge in [-0.05, 0) is 31.2 Å². The molecule has 0 aliphatic heterocycles. The molecule has 21 heavy (non-hydrogen) atoms. The second-order valence-corrected chi connectivity index (χ2v) is 4.38. The molecule has 0 unspecified atom stereocenters. The molecule has 0 spiro atoms. The largest absolute Gasteiger partial charge is 0.439 e. The molecule has 2 aromatic rings. The van der Waals surface area contributed by atoms with Crippen LogP contribution in [0, 0.1) is 0 Å². The molecule has 0 fully saturated rings. The highest BCUT2D eigenvalue weighted by atomic mass is 16.5. The topological polar surface area (TPSA) is 90.1 Å². The number of rotatable bonds is 6. The number of aryl methyl sites for hydroxylation is 1. The molecule has 2 rings (SSSR count). The number of amides is 1. The van der Waals surface area contributed by atoms with E-state index in [2.05, 4.69) is 15.3 Å². The second-order valence-electron chi connectivity index (χ2n) is 4.38. The first-order valence-electron chi connectivity index (χ1n) is 6.82. The van der Waals surface area contributed by atoms with E-state index in [1.165, 1.54) is 0 Å². The summed E-state index contributed by atoms with van der Waals surface area (Å²) in [7, 11) is 0. The summed E-state index contributed by atoms with van der Waals surface area (Å²) in [5, 5.41) is 3.14. The summed E-state index contributed by atoms with van der Waals surface area (Å²) in [5.74, 6) is 2.02. The Morgan fingerprint density at radius 3 is 2.52 bits per heavy atom. The monoisotopic (exact) mass is 286 g/mol. The number of hydrogen-bond donors (Lipinski definition) is 2. The minimum atomic E-state index is -0.466. The molecule has 0 radical (unpaired) electrons. The highest BCUT2D eigenvalue weighted by Crippen LogP contribution is 2.22. The Bertz CT molecular complexity index is 626. The van der Waals surface area contributed by atoms with Crippen molar-refractivity contribution in [2.24, 2.45) is 5.73 Å². The van der Waals surface area contributed by atoms with Crippen LogP contribution in [0.3, 0.4) is 0 Å². The van der Waals surface area contributed by atoms with Gasteiger partial charge < -0.3 is 15.8 Å². The molecule has 1 amide bonds. The summed E-state index contributed by atoms with van der Waals surface area (Å²) in [4.78, 5) is 19.7. The number of primary amides is 1. The smallest absolute Gasteiger partial charge is 0.248 e. The lowest BCUT2D eigenvalue weighted by Crippen LogP contribution is -2.10. The van der Waals surface area contributed by atoms with Gasteiger partial charge in [-0.25, -0.2) is 4.98 Å². The zero-order chi connectivity index (χ0) is 15.2. The van der Waals surface area contributed by atoms with Crippen molar-refractivity contribution < 1.29 is 9.53 Å². The van der Waals surface area contributed by atoms with Crippen molar-refractivity contribution in [1.82, 2.24) is 9.97 Å². The van der Waals surface area contributed by atoms with Gasteiger partial charge in [0, 0.05) is 24.6 Å². The Morgan fingerprint density at radius 2 is 1.95 bits per heavy atom. The quantitative estimate of drug-likeness (QED) is 0.850. The maximum atomic E-state index is 11.0. The third kappa shape index (κ3) is 3.92. The van der Waals surface area contributed by atoms with E-state index < -0.39 is 5.91 Å². The van der Waals surface area contributed by atoms with Crippen LogP contribution in [0.2, 0.25) is 0 Å². The predicted octanol–water partition coefficient (Wildman–Crippen LogP) is 2.36. The Kier molecular flexibility index (Phi) is 4.71. The summed E-state index contributed by atoms with van der Waals surface area (Å²) >= 11 is 0. The third-order valence-electron chi connectivity index (χ3n) is 2.78. The van der Waals surface area contributed by atoms with Crippen molar-refractivity contribution in [3.05, 3.63) is 41.7 Å². The molecule has 1 aromatic carbocycles. The number of benzene rings is 1. The fraction of sp³-hybridized carbons (Fsp3) is 0.267. The fourth-order valence-electron chi connectivity index (χ4n) is 1.76. The molecular weight excluding hydrogens is 268 g/mol. The molecule has 1 heterocycles. The minimum Gasteiger partial charge on any atom is -0.439 e. The van der Waals surface area contributed by atoms with E-state index in [9.17, 15) is 4.79 Å². The van der Waals surface area contributed by atoms with E-state index in [0.29, 0.717) is 23.0 Å². The van der Waals surface area contributed by atoms with E-state index >= 15 is 0 Å². The molecule has 110 valence electrons. The highest BCUT2D eigenvalue weighted by molar-refractivity contribution is 5.92. The van der Waals surface area contributed by atoms with Crippen LogP contribution >= 0.6 is 0 Å². The fourth-order valence-corrected chi connectivity index (χ4v) is 1.76. The van der Waals surface area contributed by atoms with E-state index in [4.69, 9.17) is 10.5 Å². The zero-order valence-electron chi connectivity index (χ0n) is 12.1. The van der Waals surface area contributed by atoms with E-state index in [1.807, 2.05) is 13.8 Å². The standard InChI is InChI=1S/C15H18N4O2/c1-3-12-18-13(17-4-2)9-14(19-12)21-11-7-5-10(6-8-11)15(16)20/h5-9H,3-4H2,1-2H3,(H2,16,20)(H,17,18,19). The number of ether oxygens (including phenoxy) is 1. The van der Waals surface area contributed by atoms with Crippen molar-refractivity contribution in [2.75, 3.05) is 11.9 Å². The van der Waals surface area contributed by atoms with Gasteiger partial charge in [0.1, 0.15) is 17.4 Å². The van der Waals surface area contributed by atoms with Gasteiger partial charge in [0.05, 0.1) is 0 Å². The van der Waals surface area contributed by atoms with Crippen LogP contribution < -0.4 is 15.8 Å². The molecule has 1 aromatic heterocycles. The van der Waals surface area contributed by atoms with Gasteiger partial charge >= 0.3 is 0 Å². The van der Waals surface area contributed by atoms with Crippen LogP contribution in [0.5, 0.6) is 11.6 Å². The first kappa shape index (κ1) is 14.8. The molecule has 0 atom stereocenters. The number of carbonyl (C=O) groups is 1. The Labute approximate surface area is 123 Å². The highest BCUT2D eigenvalue weighted by Gasteiger charge is 2.06. The van der Waals surface area contributed by atoms with Gasteiger partial charge in [-0.15, -0.1) is 0 Å². The van der Waals surface area contributed by atoms with Crippen molar-refractivity contribution >= 4 is 11.7 Å². The van der Waals surface area contributed by atoms with Gasteiger partial charge in [-0.1, -0.05) is 6.92 Å². The van der Waals surface area contributed by atoms with E-state index in [0.717, 1.165) is 18.8 Å². The van der Waals surface area contributed by atoms with E-state index in [1.54, 1.807) is 30.3 Å². The summed E-state index contributed by atoms with van der Waals surface area (Å²) < 4.78 is 5.70. The number of nitrogens with two attached hydrogens (primary N) is 1. The van der Waals surface area contributed by atoms with Gasteiger partial charge in [0.25, 0.3) is 0 Å². The van der Waals surface area contributed by atoms with Gasteiger partial charge in [-0.3, -0.25) is 4.79 Å². The van der Waals surface area contributed by atoms with Crippen molar-refractivity contribution in [3.63, 3.8) is 0 Å². The average Bonchev–Trinajstić information content (AvgIpc) is 2.48. The molecule has 6 heteroatoms. The van der Waals surface area contributed by atoms with Crippen LogP contribution in [-0.2, 0) is 6.42 Å². The lowest BCUT2D eigenvalue weighted by atomic mass is 10.2. The number of nitrogens with zero attached hydrogens (tertiary/aromatic N) is 2. The molecular formula is C15H18N4O2. The van der Waals surface area contributed by atoms with Crippen LogP contribution in [0.15, 0.2) is 30.3 Å². The van der Waals surface area contributed by atoms with Crippen LogP contribution in [0.25, 0.3) is 0 Å². The number of anilines is 1. The lowest BCUT2D eigenvalue weighted by Gasteiger charge is -2.09. The normalized spacial score (nSPS) is 10.2. The van der Waals surface area contributed by atoms with Gasteiger partial charge in [-0.2, -0.15) is 4.98 Å². The summed E-state index contributed by atoms with van der Waals surface area (Å²) in [6.45, 7) is 4.75. The van der Waals surface area contributed by atoms with Crippen LogP contribution in [0.1, 0.15) is 30.0 Å². The Balaban J connectivity index is 2.21. The number of hydrogen-bond acceptors (Lipinski definition) is 5. The third-order valence-corrected chi connectivity index (χ3v) is 2.78. The summed E-state index contributed by atoms with van der Waals surface area (Å²) in [6, 6.07) is 8.34. The first-order valence-corrected chi connectivity index (χ1v) is 6.82. The van der Waals surface area contributed by atoms with Gasteiger partial charge in [0.15, 0.2) is 0 Å². The molecule has 6 nitrogen and oxygen atoms in total. The molecule has 0 saturated carbocycles. The lowest BCUT2D eigenvalue weighted by molar-refractivity contribution is 0.100. The minimum absolute atomic E-state index is 0.438.